The van der Waals surface area contributed by atoms with Crippen LogP contribution < -0.4 is 10.6 Å². The van der Waals surface area contributed by atoms with Crippen molar-refractivity contribution < 1.29 is 14.0 Å². The molecule has 0 aliphatic heterocycles. The predicted molar refractivity (Wildman–Crippen MR) is 66.3 cm³/mol. The average Bonchev–Trinajstić information content (AvgIpc) is 2.39. The number of carbonyl (C=O) groups excluding carboxylic acids is 2. The molecule has 0 fully saturated rings. The largest absolute Gasteiger partial charge is 0.344 e. The summed E-state index contributed by atoms with van der Waals surface area (Å²) in [6.07, 6.45) is 0. The summed E-state index contributed by atoms with van der Waals surface area (Å²) in [5, 5.41) is 12.8. The van der Waals surface area contributed by atoms with Gasteiger partial charge >= 0.3 is 11.8 Å². The highest BCUT2D eigenvalue weighted by Crippen LogP contribution is 2.14. The Morgan fingerprint density at radius 3 is 2.26 bits per heavy atom. The minimum atomic E-state index is -0.864. The summed E-state index contributed by atoms with van der Waals surface area (Å²) >= 11 is 0. The molecule has 0 radical (unpaired) electrons. The molecule has 2 amide bonds. The third kappa shape index (κ3) is 4.07. The Hall–Kier alpha value is -2.42. The monoisotopic (exact) mass is 263 g/mol. The molecule has 19 heavy (non-hydrogen) atoms. The molecule has 100 valence electrons. The number of benzene rings is 1. The normalized spacial score (nSPS) is 9.58. The molecule has 0 aromatic heterocycles. The van der Waals surface area contributed by atoms with Crippen LogP contribution in [0, 0.1) is 31.0 Å². The van der Waals surface area contributed by atoms with E-state index in [1.165, 1.54) is 0 Å². The summed E-state index contributed by atoms with van der Waals surface area (Å²) in [5.41, 5.74) is 1.68. The van der Waals surface area contributed by atoms with Gasteiger partial charge in [0.1, 0.15) is 12.4 Å². The zero-order valence-corrected chi connectivity index (χ0v) is 10.7. The highest BCUT2D eigenvalue weighted by atomic mass is 19.1. The van der Waals surface area contributed by atoms with Crippen molar-refractivity contribution in [1.82, 2.24) is 10.6 Å². The van der Waals surface area contributed by atoms with Crippen molar-refractivity contribution in [3.05, 3.63) is 34.6 Å². The first-order valence-electron chi connectivity index (χ1n) is 5.64. The summed E-state index contributed by atoms with van der Waals surface area (Å²) in [4.78, 5) is 22.5. The fourth-order valence-corrected chi connectivity index (χ4v) is 1.60. The van der Waals surface area contributed by atoms with E-state index in [4.69, 9.17) is 5.26 Å². The van der Waals surface area contributed by atoms with Gasteiger partial charge in [0, 0.05) is 6.54 Å². The van der Waals surface area contributed by atoms with Gasteiger partial charge in [-0.2, -0.15) is 5.26 Å². The van der Waals surface area contributed by atoms with Crippen LogP contribution in [0.25, 0.3) is 0 Å². The van der Waals surface area contributed by atoms with Gasteiger partial charge in [-0.15, -0.1) is 0 Å². The van der Waals surface area contributed by atoms with Crippen LogP contribution in [0.3, 0.4) is 0 Å². The minimum Gasteiger partial charge on any atom is -0.344 e. The van der Waals surface area contributed by atoms with Crippen LogP contribution in [0.5, 0.6) is 0 Å². The summed E-state index contributed by atoms with van der Waals surface area (Å²) in [7, 11) is 0. The molecule has 0 saturated heterocycles. The smallest absolute Gasteiger partial charge is 0.310 e. The van der Waals surface area contributed by atoms with Gasteiger partial charge < -0.3 is 10.6 Å². The van der Waals surface area contributed by atoms with E-state index in [0.717, 1.165) is 0 Å². The first-order valence-corrected chi connectivity index (χ1v) is 5.64. The van der Waals surface area contributed by atoms with E-state index in [-0.39, 0.29) is 18.9 Å². The van der Waals surface area contributed by atoms with Gasteiger partial charge in [-0.25, -0.2) is 4.39 Å². The summed E-state index contributed by atoms with van der Waals surface area (Å²) < 4.78 is 13.4. The van der Waals surface area contributed by atoms with E-state index in [9.17, 15) is 14.0 Å². The molecule has 2 N–H and O–H groups in total. The molecule has 0 aliphatic carbocycles. The Bertz CT molecular complexity index is 526. The van der Waals surface area contributed by atoms with Crippen LogP contribution in [0.1, 0.15) is 16.7 Å². The second-order valence-corrected chi connectivity index (χ2v) is 4.07. The molecule has 1 rings (SSSR count). The number of nitrogens with one attached hydrogen (secondary N) is 2. The molecule has 0 heterocycles. The van der Waals surface area contributed by atoms with Gasteiger partial charge in [0.25, 0.3) is 0 Å². The van der Waals surface area contributed by atoms with Gasteiger partial charge in [-0.05, 0) is 30.5 Å². The molecule has 0 spiro atoms. The molecule has 0 saturated carbocycles. The number of nitrogens with zero attached hydrogens (tertiary/aromatic N) is 1. The number of hydrogen-bond acceptors (Lipinski definition) is 3. The fourth-order valence-electron chi connectivity index (χ4n) is 1.60. The Morgan fingerprint density at radius 1 is 1.21 bits per heavy atom. The third-order valence-corrected chi connectivity index (χ3v) is 2.48. The number of nitriles is 1. The number of hydrogen-bond donors (Lipinski definition) is 2. The van der Waals surface area contributed by atoms with Gasteiger partial charge in [-0.1, -0.05) is 12.1 Å². The van der Waals surface area contributed by atoms with Crippen LogP contribution in [0.15, 0.2) is 12.1 Å². The molecule has 0 bridgehead atoms. The lowest BCUT2D eigenvalue weighted by Gasteiger charge is -2.08. The average molecular weight is 263 g/mol. The van der Waals surface area contributed by atoms with Crippen molar-refractivity contribution in [2.24, 2.45) is 0 Å². The first-order chi connectivity index (χ1) is 8.95. The lowest BCUT2D eigenvalue weighted by Crippen LogP contribution is -2.39. The molecule has 0 aliphatic rings. The predicted octanol–water partition coefficient (Wildman–Crippen LogP) is 0.699. The molecule has 1 aromatic carbocycles. The summed E-state index contributed by atoms with van der Waals surface area (Å²) in [5.74, 6) is -1.96. The second kappa shape index (κ2) is 6.50. The molecule has 0 unspecified atom stereocenters. The number of halogens is 1. The standard InChI is InChI=1S/C13H14FN3O2/c1-8-5-10(6-9(2)11(8)14)7-17-13(19)12(18)16-4-3-15/h5-6H,4,7H2,1-2H3,(H,16,18)(H,17,19). The van der Waals surface area contributed by atoms with E-state index < -0.39 is 11.8 Å². The number of rotatable bonds is 3. The maximum Gasteiger partial charge on any atom is 0.310 e. The zero-order valence-electron chi connectivity index (χ0n) is 10.7. The molecular formula is C13H14FN3O2. The molecular weight excluding hydrogens is 249 g/mol. The Morgan fingerprint density at radius 2 is 1.74 bits per heavy atom. The van der Waals surface area contributed by atoms with Gasteiger partial charge in [0.15, 0.2) is 0 Å². The van der Waals surface area contributed by atoms with Crippen molar-refractivity contribution in [3.63, 3.8) is 0 Å². The van der Waals surface area contributed by atoms with Crippen LogP contribution >= 0.6 is 0 Å². The molecule has 1 aromatic rings. The maximum absolute atomic E-state index is 13.4. The highest BCUT2D eigenvalue weighted by molar-refractivity contribution is 6.35. The van der Waals surface area contributed by atoms with E-state index >= 15 is 0 Å². The first kappa shape index (κ1) is 14.6. The van der Waals surface area contributed by atoms with Crippen LogP contribution in [-0.2, 0) is 16.1 Å². The van der Waals surface area contributed by atoms with Crippen molar-refractivity contribution in [2.75, 3.05) is 6.54 Å². The van der Waals surface area contributed by atoms with E-state index in [0.29, 0.717) is 16.7 Å². The second-order valence-electron chi connectivity index (χ2n) is 4.07. The van der Waals surface area contributed by atoms with Gasteiger partial charge in [0.05, 0.1) is 6.07 Å². The Balaban J connectivity index is 2.60. The van der Waals surface area contributed by atoms with Crippen LogP contribution in [-0.4, -0.2) is 18.4 Å². The Kier molecular flexibility index (Phi) is 5.01. The lowest BCUT2D eigenvalue weighted by molar-refractivity contribution is -0.139. The van der Waals surface area contributed by atoms with Crippen molar-refractivity contribution in [3.8, 4) is 6.07 Å². The van der Waals surface area contributed by atoms with Crippen LogP contribution in [0.2, 0.25) is 0 Å². The van der Waals surface area contributed by atoms with Crippen molar-refractivity contribution >= 4 is 11.8 Å². The lowest BCUT2D eigenvalue weighted by atomic mass is 10.1. The van der Waals surface area contributed by atoms with Crippen LogP contribution in [0.4, 0.5) is 4.39 Å². The SMILES string of the molecule is Cc1cc(CNC(=O)C(=O)NCC#N)cc(C)c1F. The number of carbonyl (C=O) groups is 2. The topological polar surface area (TPSA) is 82.0 Å². The molecule has 0 atom stereocenters. The zero-order chi connectivity index (χ0) is 14.4. The minimum absolute atomic E-state index is 0.126. The van der Waals surface area contributed by atoms with Crippen molar-refractivity contribution in [2.45, 2.75) is 20.4 Å². The molecule has 6 heteroatoms. The van der Waals surface area contributed by atoms with E-state index in [1.54, 1.807) is 32.0 Å². The van der Waals surface area contributed by atoms with E-state index in [2.05, 4.69) is 10.6 Å². The number of amides is 2. The van der Waals surface area contributed by atoms with Gasteiger partial charge in [-0.3, -0.25) is 9.59 Å². The third-order valence-electron chi connectivity index (χ3n) is 2.48. The summed E-state index contributed by atoms with van der Waals surface area (Å²) in [6, 6.07) is 4.91. The van der Waals surface area contributed by atoms with Crippen molar-refractivity contribution in [1.29, 1.82) is 5.26 Å². The fraction of sp³-hybridized carbons (Fsp3) is 0.308. The Labute approximate surface area is 110 Å². The van der Waals surface area contributed by atoms with E-state index in [1.807, 2.05) is 0 Å². The highest BCUT2D eigenvalue weighted by Gasteiger charge is 2.12. The number of aryl methyl sites for hydroxylation is 2. The quantitative estimate of drug-likeness (QED) is 0.622. The van der Waals surface area contributed by atoms with Gasteiger partial charge in [0.2, 0.25) is 0 Å². The molecule has 5 nitrogen and oxygen atoms in total. The maximum atomic E-state index is 13.4. The summed E-state index contributed by atoms with van der Waals surface area (Å²) in [6.45, 7) is 3.17.